The van der Waals surface area contributed by atoms with Crippen LogP contribution in [0.2, 0.25) is 0 Å². The Morgan fingerprint density at radius 3 is 2.22 bits per heavy atom. The molecule has 0 spiro atoms. The molecule has 1 amide bonds. The Bertz CT molecular complexity index is 650. The number of methoxy groups -OCH3 is 1. The molecule has 122 valence electrons. The van der Waals surface area contributed by atoms with E-state index in [0.29, 0.717) is 6.42 Å². The van der Waals surface area contributed by atoms with Crippen LogP contribution in [0, 0.1) is 11.6 Å². The molecule has 0 aliphatic heterocycles. The third-order valence-corrected chi connectivity index (χ3v) is 3.99. The molecule has 0 aliphatic rings. The zero-order valence-electron chi connectivity index (χ0n) is 13.1. The second-order valence-corrected chi connectivity index (χ2v) is 5.20. The van der Waals surface area contributed by atoms with Crippen LogP contribution in [0.25, 0.3) is 0 Å². The van der Waals surface area contributed by atoms with Crippen molar-refractivity contribution in [3.8, 4) is 0 Å². The van der Waals surface area contributed by atoms with Gasteiger partial charge in [0.15, 0.2) is 0 Å². The highest BCUT2D eigenvalue weighted by Crippen LogP contribution is 2.28. The summed E-state index contributed by atoms with van der Waals surface area (Å²) in [6.07, 6.45) is 0.591. The van der Waals surface area contributed by atoms with Gasteiger partial charge in [-0.1, -0.05) is 43.3 Å². The lowest BCUT2D eigenvalue weighted by molar-refractivity contribution is -0.0164. The number of amides is 1. The van der Waals surface area contributed by atoms with Crippen LogP contribution in [-0.4, -0.2) is 19.6 Å². The predicted octanol–water partition coefficient (Wildman–Crippen LogP) is 3.65. The van der Waals surface area contributed by atoms with Gasteiger partial charge in [-0.2, -0.15) is 0 Å². The van der Waals surface area contributed by atoms with Gasteiger partial charge >= 0.3 is 0 Å². The van der Waals surface area contributed by atoms with Crippen LogP contribution in [0.15, 0.2) is 48.5 Å². The van der Waals surface area contributed by atoms with Gasteiger partial charge in [-0.25, -0.2) is 8.78 Å². The number of carbonyl (C=O) groups is 1. The van der Waals surface area contributed by atoms with Crippen molar-refractivity contribution in [1.29, 1.82) is 0 Å². The van der Waals surface area contributed by atoms with Crippen LogP contribution < -0.4 is 5.32 Å². The second-order valence-electron chi connectivity index (χ2n) is 5.20. The fraction of sp³-hybridized carbons (Fsp3) is 0.278. The predicted molar refractivity (Wildman–Crippen MR) is 84.1 cm³/mol. The highest BCUT2D eigenvalue weighted by Gasteiger charge is 2.31. The van der Waals surface area contributed by atoms with Crippen molar-refractivity contribution in [3.63, 3.8) is 0 Å². The van der Waals surface area contributed by atoms with E-state index in [0.717, 1.165) is 17.7 Å². The minimum absolute atomic E-state index is 0.108. The van der Waals surface area contributed by atoms with E-state index in [1.807, 2.05) is 37.3 Å². The van der Waals surface area contributed by atoms with Gasteiger partial charge in [0, 0.05) is 7.11 Å². The molecule has 23 heavy (non-hydrogen) atoms. The molecule has 2 aromatic carbocycles. The summed E-state index contributed by atoms with van der Waals surface area (Å²) in [7, 11) is 1.55. The Labute approximate surface area is 134 Å². The summed E-state index contributed by atoms with van der Waals surface area (Å²) in [5.41, 5.74) is -0.445. The van der Waals surface area contributed by atoms with E-state index in [4.69, 9.17) is 4.74 Å². The topological polar surface area (TPSA) is 38.3 Å². The molecule has 0 saturated carbocycles. The van der Waals surface area contributed by atoms with Crippen molar-refractivity contribution < 1.29 is 18.3 Å². The number of nitrogens with one attached hydrogen (secondary N) is 1. The van der Waals surface area contributed by atoms with Gasteiger partial charge in [0.2, 0.25) is 0 Å². The van der Waals surface area contributed by atoms with Crippen LogP contribution >= 0.6 is 0 Å². The zero-order valence-corrected chi connectivity index (χ0v) is 13.1. The van der Waals surface area contributed by atoms with E-state index in [2.05, 4.69) is 5.32 Å². The standard InChI is InChI=1S/C18H19F2NO2/c1-3-18(23-2,13-8-5-4-6-9-13)12-21-17(22)16-14(19)10-7-11-15(16)20/h4-11H,3,12H2,1-2H3,(H,21,22)/t18-/m1/s1. The molecule has 0 saturated heterocycles. The summed E-state index contributed by atoms with van der Waals surface area (Å²) in [5.74, 6) is -2.57. The van der Waals surface area contributed by atoms with Crippen molar-refractivity contribution in [2.45, 2.75) is 18.9 Å². The fourth-order valence-corrected chi connectivity index (χ4v) is 2.53. The van der Waals surface area contributed by atoms with Gasteiger partial charge in [-0.05, 0) is 24.1 Å². The van der Waals surface area contributed by atoms with Crippen LogP contribution in [-0.2, 0) is 10.3 Å². The molecule has 2 aromatic rings. The zero-order chi connectivity index (χ0) is 16.9. The number of halogens is 2. The molecular formula is C18H19F2NO2. The summed E-state index contributed by atoms with van der Waals surface area (Å²) in [6.45, 7) is 2.03. The highest BCUT2D eigenvalue weighted by molar-refractivity contribution is 5.94. The molecular weight excluding hydrogens is 300 g/mol. The summed E-state index contributed by atoms with van der Waals surface area (Å²) in [4.78, 5) is 12.1. The number of benzene rings is 2. The van der Waals surface area contributed by atoms with E-state index in [-0.39, 0.29) is 6.54 Å². The van der Waals surface area contributed by atoms with Gasteiger partial charge in [0.1, 0.15) is 22.8 Å². The summed E-state index contributed by atoms with van der Waals surface area (Å²) in [5, 5.41) is 2.58. The average Bonchev–Trinajstić information content (AvgIpc) is 2.57. The molecule has 5 heteroatoms. The Morgan fingerprint density at radius 2 is 1.70 bits per heavy atom. The molecule has 0 unspecified atom stereocenters. The van der Waals surface area contributed by atoms with Gasteiger partial charge < -0.3 is 10.1 Å². The first-order valence-corrected chi connectivity index (χ1v) is 7.37. The quantitative estimate of drug-likeness (QED) is 0.882. The number of hydrogen-bond donors (Lipinski definition) is 1. The first-order valence-electron chi connectivity index (χ1n) is 7.37. The third-order valence-electron chi connectivity index (χ3n) is 3.99. The van der Waals surface area contributed by atoms with E-state index in [1.165, 1.54) is 6.07 Å². The largest absolute Gasteiger partial charge is 0.372 e. The maximum Gasteiger partial charge on any atom is 0.257 e. The Kier molecular flexibility index (Phi) is 5.45. The molecule has 0 fully saturated rings. The number of hydrogen-bond acceptors (Lipinski definition) is 2. The molecule has 0 heterocycles. The van der Waals surface area contributed by atoms with Gasteiger partial charge in [-0.3, -0.25) is 4.79 Å². The third kappa shape index (κ3) is 3.56. The van der Waals surface area contributed by atoms with E-state index in [9.17, 15) is 13.6 Å². The molecule has 3 nitrogen and oxygen atoms in total. The summed E-state index contributed by atoms with van der Waals surface area (Å²) in [6, 6.07) is 12.7. The average molecular weight is 319 g/mol. The maximum atomic E-state index is 13.7. The molecule has 1 atom stereocenters. The van der Waals surface area contributed by atoms with Gasteiger partial charge in [0.25, 0.3) is 5.91 Å². The molecule has 0 radical (unpaired) electrons. The SMILES string of the molecule is CC[C@](CNC(=O)c1c(F)cccc1F)(OC)c1ccccc1. The number of carbonyl (C=O) groups excluding carboxylic acids is 1. The monoisotopic (exact) mass is 319 g/mol. The smallest absolute Gasteiger partial charge is 0.257 e. The number of rotatable bonds is 6. The van der Waals surface area contributed by atoms with Crippen molar-refractivity contribution >= 4 is 5.91 Å². The minimum atomic E-state index is -0.887. The molecule has 2 rings (SSSR count). The first-order chi connectivity index (χ1) is 11.0. The summed E-state index contributed by atoms with van der Waals surface area (Å²) < 4.78 is 33.0. The van der Waals surface area contributed by atoms with Gasteiger partial charge in [-0.15, -0.1) is 0 Å². The van der Waals surface area contributed by atoms with E-state index >= 15 is 0 Å². The van der Waals surface area contributed by atoms with Crippen molar-refractivity contribution in [3.05, 3.63) is 71.3 Å². The van der Waals surface area contributed by atoms with Crippen molar-refractivity contribution in [1.82, 2.24) is 5.32 Å². The molecule has 1 N–H and O–H groups in total. The molecule has 0 bridgehead atoms. The second kappa shape index (κ2) is 7.33. The Hall–Kier alpha value is -2.27. The van der Waals surface area contributed by atoms with Crippen LogP contribution in [0.3, 0.4) is 0 Å². The van der Waals surface area contributed by atoms with E-state index < -0.39 is 28.7 Å². The normalized spacial score (nSPS) is 13.4. The van der Waals surface area contributed by atoms with Crippen molar-refractivity contribution in [2.24, 2.45) is 0 Å². The Balaban J connectivity index is 2.21. The fourth-order valence-electron chi connectivity index (χ4n) is 2.53. The van der Waals surface area contributed by atoms with Crippen LogP contribution in [0.5, 0.6) is 0 Å². The minimum Gasteiger partial charge on any atom is -0.372 e. The van der Waals surface area contributed by atoms with Crippen LogP contribution in [0.4, 0.5) is 8.78 Å². The Morgan fingerprint density at radius 1 is 1.09 bits per heavy atom. The first kappa shape index (κ1) is 17.1. The van der Waals surface area contributed by atoms with E-state index in [1.54, 1.807) is 7.11 Å². The van der Waals surface area contributed by atoms with Crippen LogP contribution in [0.1, 0.15) is 29.3 Å². The lowest BCUT2D eigenvalue weighted by atomic mass is 9.90. The highest BCUT2D eigenvalue weighted by atomic mass is 19.1. The van der Waals surface area contributed by atoms with Gasteiger partial charge in [0.05, 0.1) is 6.54 Å². The lowest BCUT2D eigenvalue weighted by Crippen LogP contribution is -2.42. The summed E-state index contributed by atoms with van der Waals surface area (Å²) >= 11 is 0. The molecule has 0 aromatic heterocycles. The van der Waals surface area contributed by atoms with Crippen molar-refractivity contribution in [2.75, 3.05) is 13.7 Å². The lowest BCUT2D eigenvalue weighted by Gasteiger charge is -2.32. The number of ether oxygens (including phenoxy) is 1. The molecule has 0 aliphatic carbocycles. The maximum absolute atomic E-state index is 13.7.